The largest absolute Gasteiger partial charge is 0.380 e. The van der Waals surface area contributed by atoms with Crippen LogP contribution < -0.4 is 5.73 Å². The molecule has 1 aromatic rings. The van der Waals surface area contributed by atoms with E-state index in [0.29, 0.717) is 5.82 Å². The lowest BCUT2D eigenvalue weighted by Crippen LogP contribution is -2.24. The molecule has 1 aliphatic carbocycles. The third-order valence-electron chi connectivity index (χ3n) is 3.16. The maximum atomic E-state index is 5.65. The Labute approximate surface area is 92.2 Å². The van der Waals surface area contributed by atoms with Crippen LogP contribution in [0.1, 0.15) is 44.8 Å². The summed E-state index contributed by atoms with van der Waals surface area (Å²) >= 11 is 3.44. The summed E-state index contributed by atoms with van der Waals surface area (Å²) in [6.07, 6.45) is 6.20. The van der Waals surface area contributed by atoms with Gasteiger partial charge in [0, 0.05) is 5.41 Å². The first-order chi connectivity index (χ1) is 6.63. The zero-order valence-corrected chi connectivity index (χ0v) is 9.93. The van der Waals surface area contributed by atoms with Gasteiger partial charge in [0.2, 0.25) is 0 Å². The quantitative estimate of drug-likeness (QED) is 0.842. The number of nitrogens with two attached hydrogens (primary N) is 1. The molecule has 0 radical (unpaired) electrons. The molecule has 0 aromatic carbocycles. The van der Waals surface area contributed by atoms with Gasteiger partial charge in [0.05, 0.1) is 0 Å². The molecule has 3 nitrogen and oxygen atoms in total. The molecule has 1 saturated carbocycles. The molecule has 1 heterocycles. The van der Waals surface area contributed by atoms with Crippen molar-refractivity contribution in [1.29, 1.82) is 0 Å². The summed E-state index contributed by atoms with van der Waals surface area (Å²) in [5.74, 6) is 1.39. The van der Waals surface area contributed by atoms with Gasteiger partial charge in [-0.3, -0.25) is 0 Å². The minimum Gasteiger partial charge on any atom is -0.380 e. The molecule has 1 aliphatic rings. The molecule has 78 valence electrons. The molecule has 0 unspecified atom stereocenters. The molecule has 14 heavy (non-hydrogen) atoms. The van der Waals surface area contributed by atoms with Crippen LogP contribution >= 0.6 is 15.9 Å². The van der Waals surface area contributed by atoms with Gasteiger partial charge in [0.15, 0.2) is 11.6 Å². The molecular weight excluding hydrogens is 244 g/mol. The van der Waals surface area contributed by atoms with Crippen LogP contribution in [0, 0.1) is 0 Å². The summed E-state index contributed by atoms with van der Waals surface area (Å²) in [6.45, 7) is 2.23. The second-order valence-electron chi connectivity index (χ2n) is 4.33. The summed E-state index contributed by atoms with van der Waals surface area (Å²) in [4.78, 5) is 0. The van der Waals surface area contributed by atoms with Gasteiger partial charge in [0.1, 0.15) is 4.47 Å². The normalized spacial score (nSPS) is 21.0. The average Bonchev–Trinajstić information content (AvgIpc) is 2.49. The second kappa shape index (κ2) is 3.57. The fraction of sp³-hybridized carbons (Fsp3) is 0.700. The van der Waals surface area contributed by atoms with Crippen LogP contribution in [0.25, 0.3) is 0 Å². The van der Waals surface area contributed by atoms with Crippen molar-refractivity contribution in [3.8, 4) is 0 Å². The minimum absolute atomic E-state index is 0.127. The Morgan fingerprint density at radius 3 is 2.50 bits per heavy atom. The number of nitrogens with zero attached hydrogens (tertiary/aromatic N) is 1. The number of nitrogen functional groups attached to an aromatic ring is 1. The van der Waals surface area contributed by atoms with Gasteiger partial charge in [-0.15, -0.1) is 0 Å². The van der Waals surface area contributed by atoms with Crippen LogP contribution in [0.5, 0.6) is 0 Å². The zero-order valence-electron chi connectivity index (χ0n) is 8.35. The van der Waals surface area contributed by atoms with E-state index in [4.69, 9.17) is 10.3 Å². The van der Waals surface area contributed by atoms with E-state index < -0.39 is 0 Å². The van der Waals surface area contributed by atoms with Crippen LogP contribution in [0.4, 0.5) is 5.82 Å². The van der Waals surface area contributed by atoms with Gasteiger partial charge in [-0.1, -0.05) is 31.3 Å². The molecule has 0 spiro atoms. The van der Waals surface area contributed by atoms with Crippen LogP contribution in [-0.2, 0) is 5.41 Å². The first-order valence-corrected chi connectivity index (χ1v) is 5.84. The topological polar surface area (TPSA) is 52.0 Å². The number of aromatic nitrogens is 1. The highest BCUT2D eigenvalue weighted by molar-refractivity contribution is 9.10. The Kier molecular flexibility index (Phi) is 2.56. The molecule has 0 aliphatic heterocycles. The Hall–Kier alpha value is -0.510. The van der Waals surface area contributed by atoms with E-state index in [9.17, 15) is 0 Å². The molecule has 1 fully saturated rings. The van der Waals surface area contributed by atoms with Crippen molar-refractivity contribution in [2.75, 3.05) is 5.73 Å². The molecule has 0 bridgehead atoms. The number of rotatable bonds is 1. The maximum absolute atomic E-state index is 5.65. The van der Waals surface area contributed by atoms with Gasteiger partial charge >= 0.3 is 0 Å². The lowest BCUT2D eigenvalue weighted by atomic mass is 9.74. The summed E-state index contributed by atoms with van der Waals surface area (Å²) in [7, 11) is 0. The van der Waals surface area contributed by atoms with Crippen LogP contribution in [-0.4, -0.2) is 5.16 Å². The number of anilines is 1. The number of hydrogen-bond acceptors (Lipinski definition) is 3. The lowest BCUT2D eigenvalue weighted by Gasteiger charge is -2.31. The highest BCUT2D eigenvalue weighted by atomic mass is 79.9. The Morgan fingerprint density at radius 1 is 1.36 bits per heavy atom. The molecule has 4 heteroatoms. The number of hydrogen-bond donors (Lipinski definition) is 1. The first-order valence-electron chi connectivity index (χ1n) is 5.05. The Morgan fingerprint density at radius 2 is 2.00 bits per heavy atom. The molecule has 1 aromatic heterocycles. The minimum atomic E-state index is 0.127. The molecule has 2 N–H and O–H groups in total. The van der Waals surface area contributed by atoms with Crippen molar-refractivity contribution in [3.05, 3.63) is 10.2 Å². The van der Waals surface area contributed by atoms with Crippen molar-refractivity contribution in [1.82, 2.24) is 5.16 Å². The zero-order chi connectivity index (χ0) is 10.2. The lowest BCUT2D eigenvalue weighted by molar-refractivity contribution is 0.239. The SMILES string of the molecule is CC1(c2onc(N)c2Br)CCCCC1. The van der Waals surface area contributed by atoms with E-state index in [2.05, 4.69) is 28.0 Å². The van der Waals surface area contributed by atoms with Gasteiger partial charge in [-0.25, -0.2) is 0 Å². The summed E-state index contributed by atoms with van der Waals surface area (Å²) in [6, 6.07) is 0. The van der Waals surface area contributed by atoms with Gasteiger partial charge in [-0.05, 0) is 28.8 Å². The van der Waals surface area contributed by atoms with Gasteiger partial charge in [-0.2, -0.15) is 0 Å². The fourth-order valence-corrected chi connectivity index (χ4v) is 2.85. The molecule has 0 atom stereocenters. The van der Waals surface area contributed by atoms with Crippen LogP contribution in [0.2, 0.25) is 0 Å². The smallest absolute Gasteiger partial charge is 0.181 e. The maximum Gasteiger partial charge on any atom is 0.181 e. The predicted octanol–water partition coefficient (Wildman–Crippen LogP) is 3.24. The van der Waals surface area contributed by atoms with Crippen molar-refractivity contribution in [2.24, 2.45) is 0 Å². The van der Waals surface area contributed by atoms with E-state index in [-0.39, 0.29) is 5.41 Å². The standard InChI is InChI=1S/C10H15BrN2O/c1-10(5-3-2-4-6-10)8-7(11)9(12)13-14-8/h2-6H2,1H3,(H2,12,13). The molecular formula is C10H15BrN2O. The van der Waals surface area contributed by atoms with Crippen molar-refractivity contribution >= 4 is 21.7 Å². The summed E-state index contributed by atoms with van der Waals surface area (Å²) < 4.78 is 6.16. The van der Waals surface area contributed by atoms with Crippen molar-refractivity contribution in [3.63, 3.8) is 0 Å². The molecule has 0 amide bonds. The highest BCUT2D eigenvalue weighted by Gasteiger charge is 2.35. The monoisotopic (exact) mass is 258 g/mol. The van der Waals surface area contributed by atoms with Crippen LogP contribution in [0.3, 0.4) is 0 Å². The fourth-order valence-electron chi connectivity index (χ4n) is 2.23. The van der Waals surface area contributed by atoms with E-state index in [1.165, 1.54) is 32.1 Å². The van der Waals surface area contributed by atoms with Crippen molar-refractivity contribution < 1.29 is 4.52 Å². The second-order valence-corrected chi connectivity index (χ2v) is 5.13. The average molecular weight is 259 g/mol. The third kappa shape index (κ3) is 1.56. The number of halogens is 1. The first kappa shape index (κ1) is 10.0. The van der Waals surface area contributed by atoms with Crippen LogP contribution in [0.15, 0.2) is 9.00 Å². The Balaban J connectivity index is 2.32. The molecule has 2 rings (SSSR count). The highest BCUT2D eigenvalue weighted by Crippen LogP contribution is 2.43. The van der Waals surface area contributed by atoms with E-state index in [1.807, 2.05) is 0 Å². The van der Waals surface area contributed by atoms with E-state index in [0.717, 1.165) is 10.2 Å². The van der Waals surface area contributed by atoms with Gasteiger partial charge < -0.3 is 10.3 Å². The Bertz CT molecular complexity index is 329. The van der Waals surface area contributed by atoms with E-state index >= 15 is 0 Å². The van der Waals surface area contributed by atoms with E-state index in [1.54, 1.807) is 0 Å². The van der Waals surface area contributed by atoms with Gasteiger partial charge in [0.25, 0.3) is 0 Å². The third-order valence-corrected chi connectivity index (χ3v) is 3.93. The van der Waals surface area contributed by atoms with Crippen molar-refractivity contribution in [2.45, 2.75) is 44.4 Å². The predicted molar refractivity (Wildman–Crippen MR) is 59.1 cm³/mol. The molecule has 0 saturated heterocycles. The summed E-state index contributed by atoms with van der Waals surface area (Å²) in [5.41, 5.74) is 5.78. The summed E-state index contributed by atoms with van der Waals surface area (Å²) in [5, 5.41) is 3.79.